The first-order valence-electron chi connectivity index (χ1n) is 1.22. The van der Waals surface area contributed by atoms with Crippen LogP contribution in [-0.4, -0.2) is 27.3 Å². The molecule has 0 unspecified atom stereocenters. The second-order valence-electron chi connectivity index (χ2n) is 0.500. The number of hydrogen-bond donors (Lipinski definition) is 0. The summed E-state index contributed by atoms with van der Waals surface area (Å²) in [5, 5.41) is 0. The molecular formula is CoO6PbTiZr. The van der Waals surface area contributed by atoms with Crippen LogP contribution in [0.1, 0.15) is 0 Å². The minimum Gasteiger partial charge on any atom is 2.00 e. The van der Waals surface area contributed by atoms with Gasteiger partial charge < -0.3 is 0 Å². The van der Waals surface area contributed by atoms with E-state index in [0.29, 0.717) is 0 Å². The van der Waals surface area contributed by atoms with Crippen LogP contribution in [0.2, 0.25) is 0 Å². The second kappa shape index (κ2) is 17.5. The van der Waals surface area contributed by atoms with Gasteiger partial charge in [-0.3, -0.25) is 0 Å². The van der Waals surface area contributed by atoms with Crippen LogP contribution in [0.15, 0.2) is 0 Å². The Morgan fingerprint density at radius 1 is 1.20 bits per heavy atom. The van der Waals surface area contributed by atoms with Crippen molar-refractivity contribution in [2.75, 3.05) is 0 Å². The van der Waals surface area contributed by atoms with E-state index < -0.39 is 41.3 Å². The van der Waals surface area contributed by atoms with Crippen molar-refractivity contribution in [1.29, 1.82) is 0 Å². The van der Waals surface area contributed by atoms with Crippen molar-refractivity contribution < 1.29 is 77.9 Å². The molecule has 0 atom stereocenters. The van der Waals surface area contributed by atoms with Gasteiger partial charge in [-0.15, -0.1) is 0 Å². The molecule has 0 spiro atoms. The largest absolute Gasteiger partial charge is 2.00 e. The first kappa shape index (κ1) is 22.9. The molecule has 10 heavy (non-hydrogen) atoms. The van der Waals surface area contributed by atoms with Crippen LogP contribution in [0.3, 0.4) is 0 Å². The van der Waals surface area contributed by atoms with E-state index in [2.05, 4.69) is 0 Å². The molecule has 0 rings (SSSR count). The smallest absolute Gasteiger partial charge is 2.00 e. The fraction of sp³-hybridized carbons (Fsp3) is 0. The van der Waals surface area contributed by atoms with Crippen LogP contribution in [0.25, 0.3) is 0 Å². The maximum atomic E-state index is 8.61. The molecular weight excluding hydrogens is 501 g/mol. The Kier molecular flexibility index (Phi) is 40.1. The summed E-state index contributed by atoms with van der Waals surface area (Å²) >= 11 is -8.38. The van der Waals surface area contributed by atoms with Gasteiger partial charge in [-0.25, -0.2) is 0 Å². The molecule has 0 aliphatic rings. The third-order valence-electron chi connectivity index (χ3n) is 0. The van der Waals surface area contributed by atoms with Crippen LogP contribution in [0.5, 0.6) is 0 Å². The molecule has 0 fully saturated rings. The zero-order valence-corrected chi connectivity index (χ0v) is 13.2. The Bertz CT molecular complexity index is 75.7. The normalized spacial score (nSPS) is 5.20. The topological polar surface area (TPSA) is 126 Å². The van der Waals surface area contributed by atoms with Crippen LogP contribution < -0.4 is 13.7 Å². The summed E-state index contributed by atoms with van der Waals surface area (Å²) in [7, 11) is 0. The van der Waals surface area contributed by atoms with E-state index >= 15 is 0 Å². The van der Waals surface area contributed by atoms with Gasteiger partial charge in [0.15, 0.2) is 0 Å². The van der Waals surface area contributed by atoms with Gasteiger partial charge in [-0.1, -0.05) is 0 Å². The molecule has 3 radical (unpaired) electrons. The molecule has 0 aromatic carbocycles. The molecule has 0 bridgehead atoms. The summed E-state index contributed by atoms with van der Waals surface area (Å²) in [6.45, 7) is 0. The van der Waals surface area contributed by atoms with E-state index in [1.165, 1.54) is 0 Å². The fourth-order valence-corrected chi connectivity index (χ4v) is 0. The Morgan fingerprint density at radius 2 is 1.20 bits per heavy atom. The molecule has 0 aromatic heterocycles. The van der Waals surface area contributed by atoms with Gasteiger partial charge >= 0.3 is 105 Å². The Hall–Kier alpha value is 2.47. The predicted octanol–water partition coefficient (Wildman–Crippen LogP) is -5.38. The number of rotatable bonds is 0. The van der Waals surface area contributed by atoms with Crippen molar-refractivity contribution >= 4 is 27.3 Å². The zero-order valence-electron chi connectivity index (χ0n) is 4.28. The third kappa shape index (κ3) is 154. The fourth-order valence-electron chi connectivity index (χ4n) is 0. The van der Waals surface area contributed by atoms with Crippen molar-refractivity contribution in [3.8, 4) is 0 Å². The quantitative estimate of drug-likeness (QED) is 0.305. The molecule has 0 aliphatic carbocycles. The van der Waals surface area contributed by atoms with Gasteiger partial charge in [0.05, 0.1) is 0 Å². The molecule has 0 N–H and O–H groups in total. The summed E-state index contributed by atoms with van der Waals surface area (Å²) < 4.78 is 51.6. The maximum absolute atomic E-state index is 8.61. The minimum atomic E-state index is -4.29. The van der Waals surface area contributed by atoms with E-state index in [1.54, 1.807) is 0 Å². The first-order chi connectivity index (χ1) is 3.46. The first-order valence-corrected chi connectivity index (χ1v) is 6.15. The molecule has 57 valence electrons. The molecule has 0 amide bonds. The summed E-state index contributed by atoms with van der Waals surface area (Å²) in [6, 6.07) is 0. The van der Waals surface area contributed by atoms with E-state index in [4.69, 9.17) is 19.9 Å². The minimum absolute atomic E-state index is 0. The van der Waals surface area contributed by atoms with E-state index in [0.717, 1.165) is 0 Å². The average Bonchev–Trinajstić information content (AvgIpc) is 1.25. The van der Waals surface area contributed by atoms with Crippen molar-refractivity contribution in [2.24, 2.45) is 0 Å². The molecule has 0 saturated carbocycles. The summed E-state index contributed by atoms with van der Waals surface area (Å²) in [6.07, 6.45) is 0. The van der Waals surface area contributed by atoms with Crippen molar-refractivity contribution in [3.63, 3.8) is 0 Å². The molecule has 6 nitrogen and oxygen atoms in total. The van der Waals surface area contributed by atoms with Gasteiger partial charge in [0.1, 0.15) is 0 Å². The van der Waals surface area contributed by atoms with E-state index in [-0.39, 0.29) is 44.1 Å². The van der Waals surface area contributed by atoms with Gasteiger partial charge in [-0.2, -0.15) is 0 Å². The van der Waals surface area contributed by atoms with Crippen LogP contribution in [0.4, 0.5) is 0 Å². The number of hydrogen-bond acceptors (Lipinski definition) is 6. The molecule has 0 aliphatic heterocycles. The van der Waals surface area contributed by atoms with Crippen molar-refractivity contribution in [2.45, 2.75) is 0 Å². The summed E-state index contributed by atoms with van der Waals surface area (Å²) in [4.78, 5) is 0. The van der Waals surface area contributed by atoms with Crippen LogP contribution in [0, 0.1) is 0 Å². The zero-order chi connectivity index (χ0) is 7.15. The van der Waals surface area contributed by atoms with E-state index in [1.807, 2.05) is 0 Å². The Balaban J connectivity index is -0.0000000300. The van der Waals surface area contributed by atoms with Gasteiger partial charge in [-0.05, 0) is 0 Å². The molecule has 10 heteroatoms. The van der Waals surface area contributed by atoms with Crippen molar-refractivity contribution in [3.05, 3.63) is 0 Å². The molecule has 0 aromatic rings. The molecule has 0 heterocycles. The Morgan fingerprint density at radius 3 is 1.20 bits per heavy atom. The second-order valence-corrected chi connectivity index (χ2v) is 2.51. The summed E-state index contributed by atoms with van der Waals surface area (Å²) in [5.41, 5.74) is 0. The van der Waals surface area contributed by atoms with Gasteiger partial charge in [0.2, 0.25) is 0 Å². The van der Waals surface area contributed by atoms with Gasteiger partial charge in [0.25, 0.3) is 0 Å². The standard InChI is InChI=1S/Co.6O.Pb.Ti.Zr/q+2;;;4*-1;+2;;. The Labute approximate surface area is 103 Å². The maximum Gasteiger partial charge on any atom is 2.00 e. The molecule has 0 saturated heterocycles. The van der Waals surface area contributed by atoms with Crippen LogP contribution >= 0.6 is 0 Å². The predicted molar refractivity (Wildman–Crippen MR) is 7.13 cm³/mol. The van der Waals surface area contributed by atoms with Crippen LogP contribution in [-0.2, 0) is 64.2 Å². The van der Waals surface area contributed by atoms with Crippen molar-refractivity contribution in [1.82, 2.24) is 0 Å². The third-order valence-corrected chi connectivity index (χ3v) is 0. The summed E-state index contributed by atoms with van der Waals surface area (Å²) in [5.74, 6) is 0. The van der Waals surface area contributed by atoms with E-state index in [9.17, 15) is 0 Å². The average molecular weight is 501 g/mol. The van der Waals surface area contributed by atoms with Gasteiger partial charge in [0, 0.05) is 0 Å². The SMILES string of the molecule is [Co+2].[O]=[Ti]([O-])[O-].[O]=[Zr]([O-])[O-].[Pb+2]. The monoisotopic (exact) mass is 501 g/mol.